The number of halogens is 2. The molecule has 180 valence electrons. The number of benzene rings is 2. The van der Waals surface area contributed by atoms with Gasteiger partial charge in [-0.15, -0.1) is 0 Å². The summed E-state index contributed by atoms with van der Waals surface area (Å²) in [4.78, 5) is 25.4. The lowest BCUT2D eigenvalue weighted by Crippen LogP contribution is -2.64. The van der Waals surface area contributed by atoms with Gasteiger partial charge in [-0.05, 0) is 23.6 Å². The Kier molecular flexibility index (Phi) is 5.18. The summed E-state index contributed by atoms with van der Waals surface area (Å²) in [6.45, 7) is 0.792. The molecule has 36 heavy (non-hydrogen) atoms. The molecule has 2 atom stereocenters. The van der Waals surface area contributed by atoms with Gasteiger partial charge < -0.3 is 20.2 Å². The molecule has 1 amide bonds. The fourth-order valence-electron chi connectivity index (χ4n) is 5.26. The van der Waals surface area contributed by atoms with Gasteiger partial charge in [-0.3, -0.25) is 14.8 Å². The predicted molar refractivity (Wildman–Crippen MR) is 136 cm³/mol. The number of pyridine rings is 2. The van der Waals surface area contributed by atoms with Crippen LogP contribution < -0.4 is 15.1 Å². The van der Waals surface area contributed by atoms with E-state index in [2.05, 4.69) is 21.4 Å². The number of amides is 1. The number of carbonyl (C=O) groups excluding carboxylic acids is 1. The third-order valence-corrected chi connectivity index (χ3v) is 7.28. The quantitative estimate of drug-likeness (QED) is 0.427. The number of phenols is 1. The Morgan fingerprint density at radius 1 is 1.31 bits per heavy atom. The molecule has 0 aliphatic carbocycles. The summed E-state index contributed by atoms with van der Waals surface area (Å²) in [6, 6.07) is 9.80. The maximum Gasteiger partial charge on any atom is 0.250 e. The monoisotopic (exact) mass is 502 g/mol. The van der Waals surface area contributed by atoms with Gasteiger partial charge in [0.1, 0.15) is 23.0 Å². The van der Waals surface area contributed by atoms with Crippen molar-refractivity contribution in [3.05, 3.63) is 53.6 Å². The van der Waals surface area contributed by atoms with Gasteiger partial charge in [-0.1, -0.05) is 23.7 Å². The lowest BCUT2D eigenvalue weighted by atomic mass is 9.98. The molecule has 2 aliphatic heterocycles. The number of anilines is 2. The van der Waals surface area contributed by atoms with Crippen LogP contribution in [0.15, 0.2) is 42.7 Å². The van der Waals surface area contributed by atoms with Crippen LogP contribution in [0.1, 0.15) is 6.42 Å². The van der Waals surface area contributed by atoms with E-state index in [4.69, 9.17) is 11.6 Å². The van der Waals surface area contributed by atoms with Gasteiger partial charge >= 0.3 is 0 Å². The van der Waals surface area contributed by atoms with Crippen LogP contribution in [-0.2, 0) is 4.79 Å². The number of hydrogen-bond donors (Lipinski definition) is 2. The van der Waals surface area contributed by atoms with E-state index in [1.165, 1.54) is 17.2 Å². The van der Waals surface area contributed by atoms with Crippen molar-refractivity contribution < 1.29 is 14.3 Å². The van der Waals surface area contributed by atoms with Gasteiger partial charge in [0, 0.05) is 53.7 Å². The van der Waals surface area contributed by atoms with E-state index >= 15 is 4.39 Å². The maximum atomic E-state index is 16.1. The van der Waals surface area contributed by atoms with Gasteiger partial charge in [0.25, 0.3) is 5.91 Å². The van der Waals surface area contributed by atoms with Crippen LogP contribution in [0, 0.1) is 17.1 Å². The zero-order valence-electron chi connectivity index (χ0n) is 19.2. The number of carbonyl (C=O) groups is 1. The molecule has 2 unspecified atom stereocenters. The molecule has 10 heteroatoms. The minimum absolute atomic E-state index is 0.0170. The molecule has 2 N–H and O–H groups in total. The van der Waals surface area contributed by atoms with E-state index < -0.39 is 11.9 Å². The number of piperazine rings is 1. The smallest absolute Gasteiger partial charge is 0.250 e. The van der Waals surface area contributed by atoms with Crippen LogP contribution in [0.25, 0.3) is 32.9 Å². The summed E-state index contributed by atoms with van der Waals surface area (Å²) < 4.78 is 16.1. The van der Waals surface area contributed by atoms with Crippen molar-refractivity contribution in [2.24, 2.45) is 0 Å². The summed E-state index contributed by atoms with van der Waals surface area (Å²) in [6.07, 6.45) is 3.33. The zero-order valence-corrected chi connectivity index (χ0v) is 19.9. The van der Waals surface area contributed by atoms with Gasteiger partial charge in [0.2, 0.25) is 0 Å². The Morgan fingerprint density at radius 2 is 2.14 bits per heavy atom. The third-order valence-electron chi connectivity index (χ3n) is 6.97. The number of nitrogens with one attached hydrogen (secondary N) is 1. The van der Waals surface area contributed by atoms with Crippen molar-refractivity contribution in [3.63, 3.8) is 0 Å². The lowest BCUT2D eigenvalue weighted by molar-refractivity contribution is -0.120. The van der Waals surface area contributed by atoms with Crippen molar-refractivity contribution in [2.75, 3.05) is 29.9 Å². The second-order valence-corrected chi connectivity index (χ2v) is 9.45. The molecule has 0 saturated carbocycles. The van der Waals surface area contributed by atoms with Crippen LogP contribution >= 0.6 is 11.6 Å². The van der Waals surface area contributed by atoms with E-state index in [1.54, 1.807) is 37.5 Å². The van der Waals surface area contributed by atoms with Crippen LogP contribution in [-0.4, -0.2) is 53.2 Å². The minimum Gasteiger partial charge on any atom is -0.508 e. The second-order valence-electron chi connectivity index (χ2n) is 9.04. The fraction of sp³-hybridized carbons (Fsp3) is 0.231. The predicted octanol–water partition coefficient (Wildman–Crippen LogP) is 3.98. The third kappa shape index (κ3) is 3.26. The number of nitriles is 1. The first-order chi connectivity index (χ1) is 17.4. The molecule has 1 fully saturated rings. The minimum atomic E-state index is -0.651. The first-order valence-corrected chi connectivity index (χ1v) is 11.8. The normalized spacial score (nSPS) is 19.3. The molecule has 4 aromatic rings. The van der Waals surface area contributed by atoms with E-state index in [-0.39, 0.29) is 35.3 Å². The molecule has 6 rings (SSSR count). The van der Waals surface area contributed by atoms with Gasteiger partial charge in [0.15, 0.2) is 5.82 Å². The van der Waals surface area contributed by atoms with E-state index in [0.717, 1.165) is 0 Å². The largest absolute Gasteiger partial charge is 0.508 e. The summed E-state index contributed by atoms with van der Waals surface area (Å²) in [5.41, 5.74) is 1.69. The standard InChI is InChI=1S/C26H20ClFN6O2/c1-33-19-10-32-24-17(25(19)34-12-14(5-6-29)30-11-20(34)26(33)36)9-31-23(22(24)28)16-8-15(35)7-13-3-2-4-18(27)21(13)16/h2-4,7-10,14,20,30,35H,5,11-12H2,1H3. The highest BCUT2D eigenvalue weighted by Crippen LogP contribution is 2.44. The van der Waals surface area contributed by atoms with Crippen molar-refractivity contribution in [1.29, 1.82) is 5.26 Å². The number of aromatic nitrogens is 2. The number of fused-ring (bicyclic) bond motifs is 6. The first kappa shape index (κ1) is 22.5. The van der Waals surface area contributed by atoms with Crippen molar-refractivity contribution in [1.82, 2.24) is 15.3 Å². The molecule has 2 aliphatic rings. The molecule has 4 heterocycles. The van der Waals surface area contributed by atoms with Crippen LogP contribution in [0.4, 0.5) is 15.8 Å². The molecular weight excluding hydrogens is 483 g/mol. The van der Waals surface area contributed by atoms with Gasteiger partial charge in [0.05, 0.1) is 30.1 Å². The molecule has 1 saturated heterocycles. The highest BCUT2D eigenvalue weighted by atomic mass is 35.5. The van der Waals surface area contributed by atoms with Gasteiger partial charge in [-0.25, -0.2) is 4.39 Å². The Labute approximate surface area is 210 Å². The SMILES string of the molecule is CN1C(=O)C2CNC(CC#N)CN2c2c1cnc1c(F)c(-c3cc(O)cc4cccc(Cl)c34)ncc21. The van der Waals surface area contributed by atoms with E-state index in [1.807, 2.05) is 4.90 Å². The van der Waals surface area contributed by atoms with Crippen LogP contribution in [0.2, 0.25) is 5.02 Å². The second kappa shape index (κ2) is 8.29. The molecule has 0 bridgehead atoms. The zero-order chi connectivity index (χ0) is 25.1. The van der Waals surface area contributed by atoms with Crippen molar-refractivity contribution in [3.8, 4) is 23.1 Å². The average molecular weight is 503 g/mol. The Balaban J connectivity index is 1.58. The van der Waals surface area contributed by atoms with Crippen LogP contribution in [0.3, 0.4) is 0 Å². The summed E-state index contributed by atoms with van der Waals surface area (Å²) in [5, 5.41) is 24.9. The van der Waals surface area contributed by atoms with E-state index in [9.17, 15) is 15.2 Å². The number of nitrogens with zero attached hydrogens (tertiary/aromatic N) is 5. The number of rotatable bonds is 2. The number of aromatic hydroxyl groups is 1. The summed E-state index contributed by atoms with van der Waals surface area (Å²) >= 11 is 6.45. The Morgan fingerprint density at radius 3 is 2.94 bits per heavy atom. The summed E-state index contributed by atoms with van der Waals surface area (Å²) in [7, 11) is 1.67. The van der Waals surface area contributed by atoms with Gasteiger partial charge in [-0.2, -0.15) is 5.26 Å². The Hall–Kier alpha value is -4.00. The highest BCUT2D eigenvalue weighted by molar-refractivity contribution is 6.36. The molecular formula is C26H20ClFN6O2. The number of likely N-dealkylation sites (N-methyl/N-ethyl adjacent to an activating group) is 1. The molecule has 2 aromatic carbocycles. The number of hydrogen-bond acceptors (Lipinski definition) is 7. The topological polar surface area (TPSA) is 105 Å². The molecule has 0 spiro atoms. The Bertz CT molecular complexity index is 1620. The summed E-state index contributed by atoms with van der Waals surface area (Å²) in [5.74, 6) is -0.786. The highest BCUT2D eigenvalue weighted by Gasteiger charge is 2.41. The molecule has 8 nitrogen and oxygen atoms in total. The average Bonchev–Trinajstić information content (AvgIpc) is 2.86. The molecule has 2 aromatic heterocycles. The van der Waals surface area contributed by atoms with Crippen molar-refractivity contribution in [2.45, 2.75) is 18.5 Å². The number of phenolic OH excluding ortho intramolecular Hbond substituents is 1. The maximum absolute atomic E-state index is 16.1. The first-order valence-electron chi connectivity index (χ1n) is 11.4. The lowest BCUT2D eigenvalue weighted by Gasteiger charge is -2.46. The van der Waals surface area contributed by atoms with Crippen molar-refractivity contribution >= 4 is 50.6 Å². The molecule has 0 radical (unpaired) electrons. The van der Waals surface area contributed by atoms with Crippen LogP contribution in [0.5, 0.6) is 5.75 Å². The fourth-order valence-corrected chi connectivity index (χ4v) is 5.55. The van der Waals surface area contributed by atoms with E-state index in [0.29, 0.717) is 51.2 Å².